The van der Waals surface area contributed by atoms with E-state index in [9.17, 15) is 4.79 Å². The third kappa shape index (κ3) is 3.39. The number of amides is 1. The topological polar surface area (TPSA) is 47.4 Å². The van der Waals surface area contributed by atoms with Gasteiger partial charge in [-0.3, -0.25) is 0 Å². The minimum atomic E-state index is -0.251. The summed E-state index contributed by atoms with van der Waals surface area (Å²) in [4.78, 5) is 18.6. The quantitative estimate of drug-likeness (QED) is 0.656. The van der Waals surface area contributed by atoms with Gasteiger partial charge in [-0.05, 0) is 40.0 Å². The van der Waals surface area contributed by atoms with Crippen molar-refractivity contribution in [2.45, 2.75) is 19.1 Å². The fourth-order valence-corrected chi connectivity index (χ4v) is 3.61. The Morgan fingerprint density at radius 3 is 2.96 bits per heavy atom. The summed E-state index contributed by atoms with van der Waals surface area (Å²) >= 11 is 3.45. The molecule has 0 saturated carbocycles. The molecule has 0 spiro atoms. The number of nitrogens with zero attached hydrogens (tertiary/aromatic N) is 3. The first-order valence-corrected chi connectivity index (χ1v) is 9.08. The molecule has 0 N–H and O–H groups in total. The van der Waals surface area contributed by atoms with Crippen LogP contribution in [0.3, 0.4) is 0 Å². The Morgan fingerprint density at radius 2 is 2.12 bits per heavy atom. The zero-order valence-corrected chi connectivity index (χ0v) is 15.2. The van der Waals surface area contributed by atoms with Crippen LogP contribution in [0.5, 0.6) is 0 Å². The van der Waals surface area contributed by atoms with Crippen LogP contribution in [0.25, 0.3) is 11.0 Å². The van der Waals surface area contributed by atoms with Gasteiger partial charge in [0, 0.05) is 35.3 Å². The van der Waals surface area contributed by atoms with Crippen LogP contribution in [0, 0.1) is 0 Å². The third-order valence-corrected chi connectivity index (χ3v) is 4.97. The van der Waals surface area contributed by atoms with Crippen molar-refractivity contribution in [2.24, 2.45) is 0 Å². The molecule has 4 rings (SSSR count). The zero-order chi connectivity index (χ0) is 17.2. The van der Waals surface area contributed by atoms with E-state index in [2.05, 4.69) is 37.6 Å². The van der Waals surface area contributed by atoms with Crippen LogP contribution in [0.15, 0.2) is 59.3 Å². The van der Waals surface area contributed by atoms with Crippen LogP contribution in [-0.4, -0.2) is 33.6 Å². The second-order valence-electron chi connectivity index (χ2n) is 6.22. The van der Waals surface area contributed by atoms with Gasteiger partial charge in [-0.2, -0.15) is 0 Å². The van der Waals surface area contributed by atoms with Gasteiger partial charge in [-0.25, -0.2) is 9.78 Å². The van der Waals surface area contributed by atoms with E-state index in [0.717, 1.165) is 27.5 Å². The molecule has 0 aliphatic carbocycles. The highest BCUT2D eigenvalue weighted by Gasteiger charge is 2.29. The Morgan fingerprint density at radius 1 is 1.28 bits per heavy atom. The van der Waals surface area contributed by atoms with E-state index >= 15 is 0 Å². The van der Waals surface area contributed by atoms with E-state index in [1.165, 1.54) is 0 Å². The highest BCUT2D eigenvalue weighted by atomic mass is 79.9. The fraction of sp³-hybridized carbons (Fsp3) is 0.263. The van der Waals surface area contributed by atoms with E-state index < -0.39 is 0 Å². The standard InChI is InChI=1S/C19H18BrN3O2/c20-16-10-15-6-9-23(18(15)21-11-16)17-7-8-22(12-17)19(24)25-13-14-4-2-1-3-5-14/h1-6,9-11,17H,7-8,12-13H2/t17-/m0/s1. The molecule has 1 saturated heterocycles. The Labute approximate surface area is 154 Å². The minimum absolute atomic E-state index is 0.232. The molecule has 5 nitrogen and oxygen atoms in total. The fourth-order valence-electron chi connectivity index (χ4n) is 3.26. The van der Waals surface area contributed by atoms with Crippen molar-refractivity contribution in [3.63, 3.8) is 0 Å². The maximum atomic E-state index is 12.3. The molecule has 1 aliphatic rings. The maximum Gasteiger partial charge on any atom is 0.410 e. The summed E-state index contributed by atoms with van der Waals surface area (Å²) in [5, 5.41) is 1.10. The van der Waals surface area contributed by atoms with Crippen LogP contribution in [-0.2, 0) is 11.3 Å². The molecule has 2 aromatic heterocycles. The van der Waals surface area contributed by atoms with Crippen LogP contribution in [0.2, 0.25) is 0 Å². The lowest BCUT2D eigenvalue weighted by Gasteiger charge is -2.17. The smallest absolute Gasteiger partial charge is 0.410 e. The van der Waals surface area contributed by atoms with Gasteiger partial charge in [0.05, 0.1) is 6.04 Å². The lowest BCUT2D eigenvalue weighted by molar-refractivity contribution is 0.103. The summed E-state index contributed by atoms with van der Waals surface area (Å²) in [7, 11) is 0. The van der Waals surface area contributed by atoms with E-state index in [4.69, 9.17) is 4.74 Å². The molecule has 1 amide bonds. The first kappa shape index (κ1) is 16.1. The average molecular weight is 400 g/mol. The molecule has 1 fully saturated rings. The van der Waals surface area contributed by atoms with Gasteiger partial charge in [0.1, 0.15) is 12.3 Å². The first-order valence-electron chi connectivity index (χ1n) is 8.28. The summed E-state index contributed by atoms with van der Waals surface area (Å²) in [5.74, 6) is 0. The van der Waals surface area contributed by atoms with Gasteiger partial charge in [0.2, 0.25) is 0 Å². The van der Waals surface area contributed by atoms with Crippen molar-refractivity contribution < 1.29 is 9.53 Å². The number of rotatable bonds is 3. The van der Waals surface area contributed by atoms with Crippen molar-refractivity contribution in [2.75, 3.05) is 13.1 Å². The Balaban J connectivity index is 1.41. The number of aromatic nitrogens is 2. The Hall–Kier alpha value is -2.34. The van der Waals surface area contributed by atoms with Crippen molar-refractivity contribution in [1.82, 2.24) is 14.5 Å². The molecule has 0 radical (unpaired) electrons. The van der Waals surface area contributed by atoms with Crippen LogP contribution < -0.4 is 0 Å². The first-order chi connectivity index (χ1) is 12.2. The number of hydrogen-bond acceptors (Lipinski definition) is 3. The van der Waals surface area contributed by atoms with Crippen molar-refractivity contribution >= 4 is 33.1 Å². The zero-order valence-electron chi connectivity index (χ0n) is 13.6. The normalized spacial score (nSPS) is 17.2. The number of pyridine rings is 1. The van der Waals surface area contributed by atoms with Crippen LogP contribution in [0.1, 0.15) is 18.0 Å². The number of benzene rings is 1. The molecule has 25 heavy (non-hydrogen) atoms. The number of likely N-dealkylation sites (tertiary alicyclic amines) is 1. The molecule has 3 aromatic rings. The van der Waals surface area contributed by atoms with E-state index in [1.807, 2.05) is 36.5 Å². The highest BCUT2D eigenvalue weighted by molar-refractivity contribution is 9.10. The Kier molecular flexibility index (Phi) is 4.44. The number of halogens is 1. The molecule has 1 aliphatic heterocycles. The summed E-state index contributed by atoms with van der Waals surface area (Å²) < 4.78 is 8.56. The van der Waals surface area contributed by atoms with Gasteiger partial charge >= 0.3 is 6.09 Å². The summed E-state index contributed by atoms with van der Waals surface area (Å²) in [6.07, 6.45) is 4.51. The molecule has 0 unspecified atom stereocenters. The van der Waals surface area contributed by atoms with Crippen LogP contribution in [0.4, 0.5) is 4.79 Å². The highest BCUT2D eigenvalue weighted by Crippen LogP contribution is 2.27. The molecular weight excluding hydrogens is 382 g/mol. The van der Waals surface area contributed by atoms with E-state index in [0.29, 0.717) is 19.7 Å². The molecule has 1 aromatic carbocycles. The lowest BCUT2D eigenvalue weighted by Crippen LogP contribution is -2.29. The minimum Gasteiger partial charge on any atom is -0.445 e. The van der Waals surface area contributed by atoms with Crippen molar-refractivity contribution in [3.05, 3.63) is 64.9 Å². The Bertz CT molecular complexity index is 894. The summed E-state index contributed by atoms with van der Waals surface area (Å²) in [6, 6.07) is 14.1. The molecule has 1 atom stereocenters. The van der Waals surface area contributed by atoms with Gasteiger partial charge in [-0.1, -0.05) is 30.3 Å². The van der Waals surface area contributed by atoms with Crippen molar-refractivity contribution in [1.29, 1.82) is 0 Å². The van der Waals surface area contributed by atoms with Gasteiger partial charge in [0.15, 0.2) is 0 Å². The predicted octanol–water partition coefficient (Wildman–Crippen LogP) is 4.38. The molecule has 3 heterocycles. The third-order valence-electron chi connectivity index (χ3n) is 4.54. The molecule has 6 heteroatoms. The van der Waals surface area contributed by atoms with Crippen LogP contribution >= 0.6 is 15.9 Å². The van der Waals surface area contributed by atoms with E-state index in [-0.39, 0.29) is 12.1 Å². The van der Waals surface area contributed by atoms with Gasteiger partial charge < -0.3 is 14.2 Å². The second kappa shape index (κ2) is 6.88. The number of fused-ring (bicyclic) bond motifs is 1. The lowest BCUT2D eigenvalue weighted by atomic mass is 10.2. The number of carbonyl (C=O) groups excluding carboxylic acids is 1. The second-order valence-corrected chi connectivity index (χ2v) is 7.13. The summed E-state index contributed by atoms with van der Waals surface area (Å²) in [5.41, 5.74) is 1.95. The monoisotopic (exact) mass is 399 g/mol. The largest absolute Gasteiger partial charge is 0.445 e. The van der Waals surface area contributed by atoms with E-state index in [1.54, 1.807) is 11.1 Å². The molecule has 128 valence electrons. The number of ether oxygens (including phenoxy) is 1. The maximum absolute atomic E-state index is 12.3. The predicted molar refractivity (Wildman–Crippen MR) is 99.3 cm³/mol. The SMILES string of the molecule is O=C(OCc1ccccc1)N1CC[C@H](n2ccc3cc(Br)cnc32)C1. The van der Waals surface area contributed by atoms with Gasteiger partial charge in [0.25, 0.3) is 0 Å². The van der Waals surface area contributed by atoms with Crippen molar-refractivity contribution in [3.8, 4) is 0 Å². The molecule has 0 bridgehead atoms. The molecular formula is C19H18BrN3O2. The van der Waals surface area contributed by atoms with Gasteiger partial charge in [-0.15, -0.1) is 0 Å². The number of hydrogen-bond donors (Lipinski definition) is 0. The number of carbonyl (C=O) groups is 1. The average Bonchev–Trinajstić information content (AvgIpc) is 3.27. The summed E-state index contributed by atoms with van der Waals surface area (Å²) in [6.45, 7) is 1.66.